The van der Waals surface area contributed by atoms with Gasteiger partial charge in [0.1, 0.15) is 11.5 Å². The number of hydrogen-bond acceptors (Lipinski definition) is 3. The van der Waals surface area contributed by atoms with E-state index in [-0.39, 0.29) is 11.1 Å². The van der Waals surface area contributed by atoms with Gasteiger partial charge in [-0.05, 0) is 29.8 Å². The molecule has 1 aromatic carbocycles. The lowest BCUT2D eigenvalue weighted by atomic mass is 10.0. The average molecular weight is 268 g/mol. The average Bonchev–Trinajstić information content (AvgIpc) is 2.38. The summed E-state index contributed by atoms with van der Waals surface area (Å²) in [6, 6.07) is 5.36. The van der Waals surface area contributed by atoms with Crippen molar-refractivity contribution in [2.75, 3.05) is 0 Å². The Kier molecular flexibility index (Phi) is 3.46. The second-order valence-corrected chi connectivity index (χ2v) is 3.69. The summed E-state index contributed by atoms with van der Waals surface area (Å²) < 4.78 is 38.1. The van der Waals surface area contributed by atoms with E-state index in [4.69, 9.17) is 0 Å². The molecule has 1 aromatic heterocycles. The molecule has 98 valence electrons. The van der Waals surface area contributed by atoms with Crippen molar-refractivity contribution in [2.45, 2.75) is 6.43 Å². The van der Waals surface area contributed by atoms with Crippen molar-refractivity contribution in [3.8, 4) is 11.1 Å². The topological polar surface area (TPSA) is 56.0 Å². The first-order valence-electron chi connectivity index (χ1n) is 5.17. The van der Waals surface area contributed by atoms with Gasteiger partial charge in [-0.1, -0.05) is 0 Å². The van der Waals surface area contributed by atoms with Crippen LogP contribution in [0.2, 0.25) is 0 Å². The Bertz CT molecular complexity index is 632. The van der Waals surface area contributed by atoms with Crippen LogP contribution < -0.4 is 0 Å². The first-order chi connectivity index (χ1) is 8.99. The summed E-state index contributed by atoms with van der Waals surface area (Å²) in [6.07, 6.45) is -1.65. The van der Waals surface area contributed by atoms with Gasteiger partial charge in [0.25, 0.3) is 12.1 Å². The maximum absolute atomic E-state index is 13.0. The van der Waals surface area contributed by atoms with Crippen molar-refractivity contribution in [3.63, 3.8) is 0 Å². The zero-order valence-electron chi connectivity index (χ0n) is 9.39. The second-order valence-electron chi connectivity index (χ2n) is 3.69. The van der Waals surface area contributed by atoms with E-state index in [1.54, 1.807) is 0 Å². The summed E-state index contributed by atoms with van der Waals surface area (Å²) in [5.41, 5.74) is -0.713. The van der Waals surface area contributed by atoms with Crippen LogP contribution in [-0.4, -0.2) is 9.91 Å². The van der Waals surface area contributed by atoms with Crippen LogP contribution in [0, 0.1) is 15.9 Å². The lowest BCUT2D eigenvalue weighted by molar-refractivity contribution is -0.384. The molecule has 2 rings (SSSR count). The van der Waals surface area contributed by atoms with Gasteiger partial charge in [0.15, 0.2) is 0 Å². The standard InChI is InChI=1S/C12H7F3N2O2/c13-8-1-2-9(11(6-8)17(18)19)7-3-4-16-10(5-7)12(14)15/h1-6,12H. The van der Waals surface area contributed by atoms with E-state index in [0.717, 1.165) is 24.4 Å². The van der Waals surface area contributed by atoms with Gasteiger partial charge in [-0.2, -0.15) is 0 Å². The highest BCUT2D eigenvalue weighted by Gasteiger charge is 2.18. The van der Waals surface area contributed by atoms with Crippen molar-refractivity contribution in [2.24, 2.45) is 0 Å². The largest absolute Gasteiger partial charge is 0.280 e. The van der Waals surface area contributed by atoms with E-state index in [1.807, 2.05) is 0 Å². The number of rotatable bonds is 3. The fourth-order valence-electron chi connectivity index (χ4n) is 1.64. The van der Waals surface area contributed by atoms with Gasteiger partial charge in [0, 0.05) is 6.20 Å². The first kappa shape index (κ1) is 13.0. The molecule has 0 radical (unpaired) electrons. The maximum Gasteiger partial charge on any atom is 0.280 e. The van der Waals surface area contributed by atoms with Crippen LogP contribution >= 0.6 is 0 Å². The fourth-order valence-corrected chi connectivity index (χ4v) is 1.64. The predicted molar refractivity (Wildman–Crippen MR) is 61.2 cm³/mol. The fraction of sp³-hybridized carbons (Fsp3) is 0.0833. The summed E-state index contributed by atoms with van der Waals surface area (Å²) in [5, 5.41) is 10.8. The van der Waals surface area contributed by atoms with Gasteiger partial charge in [-0.15, -0.1) is 0 Å². The summed E-state index contributed by atoms with van der Waals surface area (Å²) in [7, 11) is 0. The number of alkyl halides is 2. The Balaban J connectivity index is 2.58. The zero-order valence-corrected chi connectivity index (χ0v) is 9.39. The van der Waals surface area contributed by atoms with E-state index in [0.29, 0.717) is 0 Å². The maximum atomic E-state index is 13.0. The molecule has 19 heavy (non-hydrogen) atoms. The van der Waals surface area contributed by atoms with Crippen molar-refractivity contribution in [1.82, 2.24) is 4.98 Å². The smallest absolute Gasteiger partial charge is 0.258 e. The quantitative estimate of drug-likeness (QED) is 0.629. The molecule has 0 unspecified atom stereocenters. The molecule has 0 spiro atoms. The van der Waals surface area contributed by atoms with Gasteiger partial charge in [-0.25, -0.2) is 13.2 Å². The Morgan fingerprint density at radius 3 is 2.58 bits per heavy atom. The first-order valence-corrected chi connectivity index (χ1v) is 5.17. The SMILES string of the molecule is O=[N+]([O-])c1cc(F)ccc1-c1ccnc(C(F)F)c1. The Labute approximate surface area is 105 Å². The van der Waals surface area contributed by atoms with Crippen molar-refractivity contribution >= 4 is 5.69 Å². The summed E-state index contributed by atoms with van der Waals surface area (Å²) in [5.74, 6) is -0.765. The molecule has 1 heterocycles. The van der Waals surface area contributed by atoms with Crippen LogP contribution in [-0.2, 0) is 0 Å². The zero-order chi connectivity index (χ0) is 14.0. The van der Waals surface area contributed by atoms with Crippen molar-refractivity contribution < 1.29 is 18.1 Å². The predicted octanol–water partition coefficient (Wildman–Crippen LogP) is 3.73. The lowest BCUT2D eigenvalue weighted by Crippen LogP contribution is -1.95. The highest BCUT2D eigenvalue weighted by molar-refractivity contribution is 5.73. The van der Waals surface area contributed by atoms with Crippen molar-refractivity contribution in [3.05, 3.63) is 58.2 Å². The molecule has 0 N–H and O–H groups in total. The number of nitro groups is 1. The van der Waals surface area contributed by atoms with Gasteiger partial charge in [0.05, 0.1) is 16.6 Å². The number of nitro benzene ring substituents is 1. The minimum Gasteiger partial charge on any atom is -0.258 e. The molecule has 7 heteroatoms. The number of benzene rings is 1. The highest BCUT2D eigenvalue weighted by atomic mass is 19.3. The number of nitrogens with zero attached hydrogens (tertiary/aromatic N) is 2. The molecule has 0 aliphatic carbocycles. The molecule has 0 aliphatic heterocycles. The van der Waals surface area contributed by atoms with E-state index in [9.17, 15) is 23.3 Å². The van der Waals surface area contributed by atoms with E-state index >= 15 is 0 Å². The molecular weight excluding hydrogens is 261 g/mol. The van der Waals surface area contributed by atoms with Crippen LogP contribution in [0.3, 0.4) is 0 Å². The minimum atomic E-state index is -2.78. The summed E-state index contributed by atoms with van der Waals surface area (Å²) >= 11 is 0. The Morgan fingerprint density at radius 1 is 1.21 bits per heavy atom. The number of pyridine rings is 1. The molecule has 4 nitrogen and oxygen atoms in total. The third-order valence-electron chi connectivity index (χ3n) is 2.47. The lowest BCUT2D eigenvalue weighted by Gasteiger charge is -2.05. The monoisotopic (exact) mass is 268 g/mol. The molecule has 0 bridgehead atoms. The molecule has 0 saturated heterocycles. The minimum absolute atomic E-state index is 0.0655. The van der Waals surface area contributed by atoms with Gasteiger partial charge in [0.2, 0.25) is 0 Å². The van der Waals surface area contributed by atoms with Gasteiger partial charge in [-0.3, -0.25) is 15.1 Å². The van der Waals surface area contributed by atoms with E-state index in [1.165, 1.54) is 12.1 Å². The van der Waals surface area contributed by atoms with E-state index in [2.05, 4.69) is 4.98 Å². The molecule has 0 saturated carbocycles. The van der Waals surface area contributed by atoms with Crippen LogP contribution in [0.5, 0.6) is 0 Å². The normalized spacial score (nSPS) is 10.7. The van der Waals surface area contributed by atoms with Crippen LogP contribution in [0.1, 0.15) is 12.1 Å². The third kappa shape index (κ3) is 2.70. The van der Waals surface area contributed by atoms with Gasteiger partial charge < -0.3 is 0 Å². The van der Waals surface area contributed by atoms with E-state index < -0.39 is 28.5 Å². The number of hydrogen-bond donors (Lipinski definition) is 0. The van der Waals surface area contributed by atoms with Crippen LogP contribution in [0.25, 0.3) is 11.1 Å². The Morgan fingerprint density at radius 2 is 1.95 bits per heavy atom. The number of halogens is 3. The molecule has 0 aliphatic rings. The molecule has 0 amide bonds. The number of aromatic nitrogens is 1. The van der Waals surface area contributed by atoms with Crippen LogP contribution in [0.15, 0.2) is 36.5 Å². The highest BCUT2D eigenvalue weighted by Crippen LogP contribution is 2.31. The van der Waals surface area contributed by atoms with Gasteiger partial charge >= 0.3 is 0 Å². The summed E-state index contributed by atoms with van der Waals surface area (Å²) in [4.78, 5) is 13.5. The Hall–Kier alpha value is -2.44. The molecule has 0 fully saturated rings. The molecule has 2 aromatic rings. The summed E-state index contributed by atoms with van der Waals surface area (Å²) in [6.45, 7) is 0. The second kappa shape index (κ2) is 5.05. The van der Waals surface area contributed by atoms with Crippen LogP contribution in [0.4, 0.5) is 18.9 Å². The molecular formula is C12H7F3N2O2. The third-order valence-corrected chi connectivity index (χ3v) is 2.47. The molecule has 0 atom stereocenters. The van der Waals surface area contributed by atoms with Crippen molar-refractivity contribution in [1.29, 1.82) is 0 Å².